The minimum Gasteiger partial charge on any atom is -0.378 e. The molecule has 2 rings (SSSR count). The monoisotopic (exact) mass is 183 g/mol. The first-order valence-electron chi connectivity index (χ1n) is 5.17. The molecule has 0 aromatic carbocycles. The quantitative estimate of drug-likeness (QED) is 0.649. The highest BCUT2D eigenvalue weighted by Gasteiger charge is 2.36. The SMILES string of the molecule is CCOC1CC(N2CCC(=O)C2)C1. The molecule has 2 fully saturated rings. The van der Waals surface area contributed by atoms with E-state index in [1.54, 1.807) is 0 Å². The summed E-state index contributed by atoms with van der Waals surface area (Å²) in [5.41, 5.74) is 0. The molecule has 0 aromatic rings. The van der Waals surface area contributed by atoms with Crippen LogP contribution in [0.4, 0.5) is 0 Å². The summed E-state index contributed by atoms with van der Waals surface area (Å²) in [5, 5.41) is 0. The van der Waals surface area contributed by atoms with Crippen molar-refractivity contribution in [2.45, 2.75) is 38.3 Å². The third-order valence-electron chi connectivity index (χ3n) is 3.05. The van der Waals surface area contributed by atoms with Gasteiger partial charge in [-0.3, -0.25) is 9.69 Å². The van der Waals surface area contributed by atoms with Crippen molar-refractivity contribution in [2.24, 2.45) is 0 Å². The van der Waals surface area contributed by atoms with Gasteiger partial charge in [0.05, 0.1) is 12.6 Å². The fourth-order valence-corrected chi connectivity index (χ4v) is 2.17. The first-order chi connectivity index (χ1) is 6.29. The lowest BCUT2D eigenvalue weighted by molar-refractivity contribution is -0.117. The molecule has 0 radical (unpaired) electrons. The van der Waals surface area contributed by atoms with Crippen LogP contribution in [0.1, 0.15) is 26.2 Å². The number of ether oxygens (including phenoxy) is 1. The van der Waals surface area contributed by atoms with Gasteiger partial charge in [-0.05, 0) is 19.8 Å². The summed E-state index contributed by atoms with van der Waals surface area (Å²) in [6, 6.07) is 0.628. The summed E-state index contributed by atoms with van der Waals surface area (Å²) in [5.74, 6) is 0.403. The third-order valence-corrected chi connectivity index (χ3v) is 3.05. The Kier molecular flexibility index (Phi) is 2.65. The number of ketones is 1. The molecule has 0 spiro atoms. The van der Waals surface area contributed by atoms with Crippen molar-refractivity contribution in [3.63, 3.8) is 0 Å². The van der Waals surface area contributed by atoms with Crippen molar-refractivity contribution in [3.05, 3.63) is 0 Å². The molecular formula is C10H17NO2. The number of carbonyl (C=O) groups is 1. The van der Waals surface area contributed by atoms with Crippen molar-refractivity contribution in [1.82, 2.24) is 4.90 Å². The first-order valence-corrected chi connectivity index (χ1v) is 5.17. The zero-order valence-corrected chi connectivity index (χ0v) is 8.16. The topological polar surface area (TPSA) is 29.5 Å². The highest BCUT2D eigenvalue weighted by Crippen LogP contribution is 2.29. The van der Waals surface area contributed by atoms with E-state index < -0.39 is 0 Å². The van der Waals surface area contributed by atoms with E-state index >= 15 is 0 Å². The van der Waals surface area contributed by atoms with Gasteiger partial charge in [-0.15, -0.1) is 0 Å². The molecule has 0 amide bonds. The maximum Gasteiger partial charge on any atom is 0.148 e. The molecule has 1 aliphatic heterocycles. The fourth-order valence-electron chi connectivity index (χ4n) is 2.17. The Morgan fingerprint density at radius 1 is 1.54 bits per heavy atom. The summed E-state index contributed by atoms with van der Waals surface area (Å²) in [6.07, 6.45) is 3.48. The van der Waals surface area contributed by atoms with Crippen molar-refractivity contribution < 1.29 is 9.53 Å². The Balaban J connectivity index is 1.71. The van der Waals surface area contributed by atoms with E-state index in [1.807, 2.05) is 6.92 Å². The largest absolute Gasteiger partial charge is 0.378 e. The summed E-state index contributed by atoms with van der Waals surface area (Å²) < 4.78 is 5.48. The van der Waals surface area contributed by atoms with Gasteiger partial charge >= 0.3 is 0 Å². The molecule has 3 nitrogen and oxygen atoms in total. The van der Waals surface area contributed by atoms with Gasteiger partial charge < -0.3 is 4.74 Å². The number of rotatable bonds is 3. The van der Waals surface area contributed by atoms with Gasteiger partial charge in [0.15, 0.2) is 0 Å². The lowest BCUT2D eigenvalue weighted by Crippen LogP contribution is -2.47. The summed E-state index contributed by atoms with van der Waals surface area (Å²) in [7, 11) is 0. The molecule has 0 N–H and O–H groups in total. The average molecular weight is 183 g/mol. The fraction of sp³-hybridized carbons (Fsp3) is 0.900. The molecule has 1 saturated carbocycles. The van der Waals surface area contributed by atoms with Gasteiger partial charge in [-0.25, -0.2) is 0 Å². The predicted octanol–water partition coefficient (Wildman–Crippen LogP) is 0.829. The maximum absolute atomic E-state index is 11.0. The lowest BCUT2D eigenvalue weighted by atomic mass is 9.88. The highest BCUT2D eigenvalue weighted by molar-refractivity contribution is 5.82. The van der Waals surface area contributed by atoms with Crippen LogP contribution in [-0.4, -0.2) is 42.5 Å². The maximum atomic E-state index is 11.0. The second-order valence-corrected chi connectivity index (χ2v) is 3.96. The van der Waals surface area contributed by atoms with Crippen LogP contribution in [0.15, 0.2) is 0 Å². The number of nitrogens with zero attached hydrogens (tertiary/aromatic N) is 1. The summed E-state index contributed by atoms with van der Waals surface area (Å²) >= 11 is 0. The van der Waals surface area contributed by atoms with Crippen LogP contribution in [-0.2, 0) is 9.53 Å². The first kappa shape index (κ1) is 9.16. The molecule has 3 heteroatoms. The normalized spacial score (nSPS) is 35.0. The molecule has 13 heavy (non-hydrogen) atoms. The van der Waals surface area contributed by atoms with E-state index in [2.05, 4.69) is 4.90 Å². The zero-order valence-electron chi connectivity index (χ0n) is 8.16. The van der Waals surface area contributed by atoms with E-state index in [1.165, 1.54) is 0 Å². The van der Waals surface area contributed by atoms with Crippen molar-refractivity contribution in [3.8, 4) is 0 Å². The molecule has 1 saturated heterocycles. The van der Waals surface area contributed by atoms with Crippen molar-refractivity contribution in [2.75, 3.05) is 19.7 Å². The lowest BCUT2D eigenvalue weighted by Gasteiger charge is -2.40. The summed E-state index contributed by atoms with van der Waals surface area (Å²) in [4.78, 5) is 13.3. The minimum atomic E-state index is 0.403. The number of hydrogen-bond acceptors (Lipinski definition) is 3. The molecule has 0 atom stereocenters. The third kappa shape index (κ3) is 1.92. The Labute approximate surface area is 79.0 Å². The van der Waals surface area contributed by atoms with E-state index in [0.29, 0.717) is 24.5 Å². The van der Waals surface area contributed by atoms with Crippen LogP contribution in [0.25, 0.3) is 0 Å². The molecule has 74 valence electrons. The van der Waals surface area contributed by atoms with Gasteiger partial charge in [-0.2, -0.15) is 0 Å². The van der Waals surface area contributed by atoms with E-state index in [4.69, 9.17) is 4.74 Å². The van der Waals surface area contributed by atoms with Gasteiger partial charge in [-0.1, -0.05) is 0 Å². The van der Waals surface area contributed by atoms with E-state index in [0.717, 1.165) is 32.4 Å². The average Bonchev–Trinajstić information content (AvgIpc) is 2.43. The number of carbonyl (C=O) groups excluding carboxylic acids is 1. The van der Waals surface area contributed by atoms with E-state index in [9.17, 15) is 4.79 Å². The molecule has 0 bridgehead atoms. The highest BCUT2D eigenvalue weighted by atomic mass is 16.5. The Morgan fingerprint density at radius 3 is 2.85 bits per heavy atom. The van der Waals surface area contributed by atoms with Gasteiger partial charge in [0.1, 0.15) is 5.78 Å². The molecule has 1 aliphatic carbocycles. The number of likely N-dealkylation sites (tertiary alicyclic amines) is 1. The van der Waals surface area contributed by atoms with Gasteiger partial charge in [0.25, 0.3) is 0 Å². The van der Waals surface area contributed by atoms with Gasteiger partial charge in [0.2, 0.25) is 0 Å². The van der Waals surface area contributed by atoms with Crippen LogP contribution < -0.4 is 0 Å². The number of Topliss-reactive ketones (excluding diaryl/α,β-unsaturated/α-hetero) is 1. The van der Waals surface area contributed by atoms with Gasteiger partial charge in [0, 0.05) is 25.6 Å². The van der Waals surface area contributed by atoms with Crippen molar-refractivity contribution >= 4 is 5.78 Å². The second kappa shape index (κ2) is 3.76. The molecule has 2 aliphatic rings. The van der Waals surface area contributed by atoms with Crippen LogP contribution in [0.2, 0.25) is 0 Å². The van der Waals surface area contributed by atoms with Crippen LogP contribution in [0, 0.1) is 0 Å². The molecule has 1 heterocycles. The second-order valence-electron chi connectivity index (χ2n) is 3.96. The Morgan fingerprint density at radius 2 is 2.31 bits per heavy atom. The molecular weight excluding hydrogens is 166 g/mol. The van der Waals surface area contributed by atoms with Crippen LogP contribution >= 0.6 is 0 Å². The standard InChI is InChI=1S/C10H17NO2/c1-2-13-10-5-8(6-10)11-4-3-9(12)7-11/h8,10H,2-7H2,1H3. The Bertz CT molecular complexity index is 199. The number of hydrogen-bond donors (Lipinski definition) is 0. The Hall–Kier alpha value is -0.410. The predicted molar refractivity (Wildman–Crippen MR) is 49.6 cm³/mol. The smallest absolute Gasteiger partial charge is 0.148 e. The van der Waals surface area contributed by atoms with E-state index in [-0.39, 0.29) is 0 Å². The molecule has 0 unspecified atom stereocenters. The minimum absolute atomic E-state index is 0.403. The van der Waals surface area contributed by atoms with Crippen molar-refractivity contribution in [1.29, 1.82) is 0 Å². The van der Waals surface area contributed by atoms with Crippen LogP contribution in [0.3, 0.4) is 0 Å². The summed E-state index contributed by atoms with van der Waals surface area (Å²) in [6.45, 7) is 4.51. The molecule has 0 aromatic heterocycles. The zero-order chi connectivity index (χ0) is 9.26. The van der Waals surface area contributed by atoms with Crippen LogP contribution in [0.5, 0.6) is 0 Å².